The van der Waals surface area contributed by atoms with E-state index < -0.39 is 0 Å². The average molecular weight is 266 g/mol. The Labute approximate surface area is 118 Å². The van der Waals surface area contributed by atoms with Crippen LogP contribution in [0.25, 0.3) is 22.3 Å². The van der Waals surface area contributed by atoms with Crippen molar-refractivity contribution in [3.8, 4) is 11.3 Å². The quantitative estimate of drug-likeness (QED) is 0.776. The topological polar surface area (TPSA) is 56.7 Å². The molecule has 0 radical (unpaired) electrons. The predicted octanol–water partition coefficient (Wildman–Crippen LogP) is 2.71. The second kappa shape index (κ2) is 4.72. The van der Waals surface area contributed by atoms with Gasteiger partial charge < -0.3 is 10.3 Å². The molecule has 4 nitrogen and oxygen atoms in total. The maximum atomic E-state index is 5.87. The van der Waals surface area contributed by atoms with E-state index in [-0.39, 0.29) is 0 Å². The van der Waals surface area contributed by atoms with E-state index in [9.17, 15) is 0 Å². The van der Waals surface area contributed by atoms with Gasteiger partial charge in [0.1, 0.15) is 11.5 Å². The van der Waals surface area contributed by atoms with Gasteiger partial charge >= 0.3 is 0 Å². The summed E-state index contributed by atoms with van der Waals surface area (Å²) in [6.45, 7) is 4.49. The molecule has 0 spiro atoms. The van der Waals surface area contributed by atoms with Crippen LogP contribution in [0.4, 0.5) is 0 Å². The van der Waals surface area contributed by atoms with E-state index >= 15 is 0 Å². The highest BCUT2D eigenvalue weighted by atomic mass is 15.0. The lowest BCUT2D eigenvalue weighted by molar-refractivity contribution is 0.922. The Hall–Kier alpha value is -2.20. The third-order valence-electron chi connectivity index (χ3n) is 3.55. The minimum atomic E-state index is 0.489. The number of rotatable bonds is 2. The van der Waals surface area contributed by atoms with E-state index in [2.05, 4.69) is 41.2 Å². The molecule has 0 amide bonds. The van der Waals surface area contributed by atoms with Crippen molar-refractivity contribution in [2.75, 3.05) is 0 Å². The molecule has 4 heteroatoms. The SMILES string of the molecule is Cc1ccc(-c2nc(C)nc3c2c(CN)cn3C)cc1. The minimum Gasteiger partial charge on any atom is -0.335 e. The van der Waals surface area contributed by atoms with E-state index in [0.717, 1.165) is 33.7 Å². The van der Waals surface area contributed by atoms with E-state index in [0.29, 0.717) is 6.54 Å². The van der Waals surface area contributed by atoms with Gasteiger partial charge in [-0.05, 0) is 19.4 Å². The van der Waals surface area contributed by atoms with Crippen molar-refractivity contribution in [3.63, 3.8) is 0 Å². The molecule has 0 aliphatic carbocycles. The number of hydrogen-bond donors (Lipinski definition) is 1. The molecule has 0 aliphatic rings. The normalized spacial score (nSPS) is 11.2. The average Bonchev–Trinajstić information content (AvgIpc) is 2.76. The Kier molecular flexibility index (Phi) is 3.03. The van der Waals surface area contributed by atoms with Gasteiger partial charge in [0.15, 0.2) is 0 Å². The molecule has 2 aromatic heterocycles. The summed E-state index contributed by atoms with van der Waals surface area (Å²) in [5.41, 5.74) is 11.2. The molecule has 0 bridgehead atoms. The Morgan fingerprint density at radius 3 is 2.45 bits per heavy atom. The molecule has 1 aromatic carbocycles. The monoisotopic (exact) mass is 266 g/mol. The van der Waals surface area contributed by atoms with Crippen LogP contribution in [0, 0.1) is 13.8 Å². The van der Waals surface area contributed by atoms with E-state index in [1.807, 2.05) is 24.7 Å². The molecule has 3 rings (SSSR count). The summed E-state index contributed by atoms with van der Waals surface area (Å²) in [6, 6.07) is 8.40. The summed E-state index contributed by atoms with van der Waals surface area (Å²) in [7, 11) is 1.99. The van der Waals surface area contributed by atoms with Crippen LogP contribution in [0.2, 0.25) is 0 Å². The van der Waals surface area contributed by atoms with Crippen molar-refractivity contribution in [1.82, 2.24) is 14.5 Å². The Bertz CT molecular complexity index is 769. The lowest BCUT2D eigenvalue weighted by Crippen LogP contribution is -1.98. The lowest BCUT2D eigenvalue weighted by atomic mass is 10.0. The molecule has 0 unspecified atom stereocenters. The number of fused-ring (bicyclic) bond motifs is 1. The molecule has 0 saturated carbocycles. The summed E-state index contributed by atoms with van der Waals surface area (Å²) in [5.74, 6) is 0.776. The van der Waals surface area contributed by atoms with Gasteiger partial charge in [-0.1, -0.05) is 29.8 Å². The molecule has 0 saturated heterocycles. The van der Waals surface area contributed by atoms with Gasteiger partial charge in [0.2, 0.25) is 0 Å². The number of benzene rings is 1. The van der Waals surface area contributed by atoms with Gasteiger partial charge in [0.05, 0.1) is 5.69 Å². The number of hydrogen-bond acceptors (Lipinski definition) is 3. The molecule has 0 fully saturated rings. The summed E-state index contributed by atoms with van der Waals surface area (Å²) >= 11 is 0. The fourth-order valence-corrected chi connectivity index (χ4v) is 2.54. The smallest absolute Gasteiger partial charge is 0.144 e. The Morgan fingerprint density at radius 1 is 1.10 bits per heavy atom. The second-order valence-electron chi connectivity index (χ2n) is 5.15. The van der Waals surface area contributed by atoms with Crippen LogP contribution in [-0.4, -0.2) is 14.5 Å². The maximum Gasteiger partial charge on any atom is 0.144 e. The Morgan fingerprint density at radius 2 is 1.80 bits per heavy atom. The van der Waals surface area contributed by atoms with Gasteiger partial charge in [-0.25, -0.2) is 9.97 Å². The van der Waals surface area contributed by atoms with Gasteiger partial charge in [0, 0.05) is 30.7 Å². The molecular weight excluding hydrogens is 248 g/mol. The first-order chi connectivity index (χ1) is 9.60. The highest BCUT2D eigenvalue weighted by Crippen LogP contribution is 2.29. The van der Waals surface area contributed by atoms with Crippen molar-refractivity contribution in [2.45, 2.75) is 20.4 Å². The van der Waals surface area contributed by atoms with Crippen molar-refractivity contribution >= 4 is 11.0 Å². The first kappa shape index (κ1) is 12.8. The first-order valence-corrected chi connectivity index (χ1v) is 6.70. The van der Waals surface area contributed by atoms with Gasteiger partial charge in [0.25, 0.3) is 0 Å². The van der Waals surface area contributed by atoms with Gasteiger partial charge in [-0.15, -0.1) is 0 Å². The fourth-order valence-electron chi connectivity index (χ4n) is 2.54. The third kappa shape index (κ3) is 1.98. The van der Waals surface area contributed by atoms with Crippen molar-refractivity contribution in [2.24, 2.45) is 12.8 Å². The van der Waals surface area contributed by atoms with Crippen molar-refractivity contribution < 1.29 is 0 Å². The molecule has 20 heavy (non-hydrogen) atoms. The minimum absolute atomic E-state index is 0.489. The van der Waals surface area contributed by atoms with Crippen LogP contribution in [0.15, 0.2) is 30.5 Å². The number of nitrogens with zero attached hydrogens (tertiary/aromatic N) is 3. The van der Waals surface area contributed by atoms with E-state index in [1.54, 1.807) is 0 Å². The molecule has 102 valence electrons. The summed E-state index contributed by atoms with van der Waals surface area (Å²) in [6.07, 6.45) is 2.04. The number of aryl methyl sites for hydroxylation is 3. The molecule has 3 aromatic rings. The highest BCUT2D eigenvalue weighted by Gasteiger charge is 2.15. The third-order valence-corrected chi connectivity index (χ3v) is 3.55. The predicted molar refractivity (Wildman–Crippen MR) is 81.3 cm³/mol. The largest absolute Gasteiger partial charge is 0.335 e. The first-order valence-electron chi connectivity index (χ1n) is 6.70. The second-order valence-corrected chi connectivity index (χ2v) is 5.15. The van der Waals surface area contributed by atoms with Gasteiger partial charge in [-0.2, -0.15) is 0 Å². The number of aromatic nitrogens is 3. The van der Waals surface area contributed by atoms with Crippen LogP contribution < -0.4 is 5.73 Å². The van der Waals surface area contributed by atoms with Crippen molar-refractivity contribution in [1.29, 1.82) is 0 Å². The summed E-state index contributed by atoms with van der Waals surface area (Å²) in [5, 5.41) is 1.06. The fraction of sp³-hybridized carbons (Fsp3) is 0.250. The maximum absolute atomic E-state index is 5.87. The highest BCUT2D eigenvalue weighted by molar-refractivity contribution is 5.94. The van der Waals surface area contributed by atoms with Crippen LogP contribution in [0.1, 0.15) is 17.0 Å². The molecule has 0 atom stereocenters. The molecular formula is C16H18N4. The lowest BCUT2D eigenvalue weighted by Gasteiger charge is -2.07. The zero-order chi connectivity index (χ0) is 14.3. The van der Waals surface area contributed by atoms with Crippen LogP contribution in [-0.2, 0) is 13.6 Å². The van der Waals surface area contributed by atoms with Gasteiger partial charge in [-0.3, -0.25) is 0 Å². The van der Waals surface area contributed by atoms with Crippen LogP contribution in [0.5, 0.6) is 0 Å². The van der Waals surface area contributed by atoms with Crippen LogP contribution in [0.3, 0.4) is 0 Å². The van der Waals surface area contributed by atoms with E-state index in [4.69, 9.17) is 5.73 Å². The molecule has 2 N–H and O–H groups in total. The standard InChI is InChI=1S/C16H18N4/c1-10-4-6-12(7-5-10)15-14-13(8-17)9-20(3)16(14)19-11(2)18-15/h4-7,9H,8,17H2,1-3H3. The number of nitrogens with two attached hydrogens (primary N) is 1. The molecule has 2 heterocycles. The van der Waals surface area contributed by atoms with E-state index in [1.165, 1.54) is 5.56 Å². The van der Waals surface area contributed by atoms with Crippen LogP contribution >= 0.6 is 0 Å². The molecule has 0 aliphatic heterocycles. The summed E-state index contributed by atoms with van der Waals surface area (Å²) < 4.78 is 2.02. The van der Waals surface area contributed by atoms with Crippen molar-refractivity contribution in [3.05, 3.63) is 47.4 Å². The Balaban J connectivity index is 2.36. The zero-order valence-corrected chi connectivity index (χ0v) is 12.0. The zero-order valence-electron chi connectivity index (χ0n) is 12.0. The summed E-state index contributed by atoms with van der Waals surface area (Å²) in [4.78, 5) is 9.19.